The Kier molecular flexibility index (Phi) is 5.39. The van der Waals surface area contributed by atoms with Crippen LogP contribution in [-0.2, 0) is 4.79 Å². The highest BCUT2D eigenvalue weighted by atomic mass is 127. The monoisotopic (exact) mass is 463 g/mol. The minimum atomic E-state index is -0.386. The van der Waals surface area contributed by atoms with Gasteiger partial charge in [0.2, 0.25) is 0 Å². The third-order valence-electron chi connectivity index (χ3n) is 3.70. The Labute approximate surface area is 164 Å². The molecule has 1 aliphatic rings. The Morgan fingerprint density at radius 1 is 1.27 bits per heavy atom. The number of halogens is 2. The summed E-state index contributed by atoms with van der Waals surface area (Å²) in [4.78, 5) is 17.0. The molecule has 2 heterocycles. The number of likely N-dealkylation sites (N-methyl/N-ethyl adjacent to an activating group) is 1. The van der Waals surface area contributed by atoms with Crippen molar-refractivity contribution in [2.75, 3.05) is 12.4 Å². The van der Waals surface area contributed by atoms with Gasteiger partial charge in [0.15, 0.2) is 5.94 Å². The summed E-state index contributed by atoms with van der Waals surface area (Å²) in [6.07, 6.45) is 4.83. The molecule has 1 N–H and O–H groups in total. The zero-order chi connectivity index (χ0) is 18.7. The SMILES string of the molecule is Cc1ccc(OC2=CC(=C=O)N(C)C(Nc3ccc(I)cc3F)=C2)cn1. The molecular weight excluding hydrogens is 448 g/mol. The number of anilines is 1. The molecule has 26 heavy (non-hydrogen) atoms. The van der Waals surface area contributed by atoms with Gasteiger partial charge < -0.3 is 15.0 Å². The van der Waals surface area contributed by atoms with Crippen LogP contribution >= 0.6 is 22.6 Å². The third-order valence-corrected chi connectivity index (χ3v) is 4.37. The van der Waals surface area contributed by atoms with E-state index in [-0.39, 0.29) is 11.5 Å². The van der Waals surface area contributed by atoms with Crippen molar-refractivity contribution in [1.82, 2.24) is 9.88 Å². The molecule has 0 saturated carbocycles. The lowest BCUT2D eigenvalue weighted by Gasteiger charge is -2.27. The van der Waals surface area contributed by atoms with Gasteiger partial charge in [-0.1, -0.05) is 0 Å². The molecule has 0 radical (unpaired) electrons. The van der Waals surface area contributed by atoms with Crippen molar-refractivity contribution in [3.8, 4) is 5.75 Å². The van der Waals surface area contributed by atoms with E-state index < -0.39 is 0 Å². The van der Waals surface area contributed by atoms with Crippen molar-refractivity contribution in [2.45, 2.75) is 6.92 Å². The first-order valence-corrected chi connectivity index (χ1v) is 8.79. The second-order valence-electron chi connectivity index (χ2n) is 5.61. The molecule has 0 aliphatic carbocycles. The first kappa shape index (κ1) is 18.2. The van der Waals surface area contributed by atoms with Crippen LogP contribution in [0.25, 0.3) is 0 Å². The summed E-state index contributed by atoms with van der Waals surface area (Å²) < 4.78 is 20.7. The summed E-state index contributed by atoms with van der Waals surface area (Å²) in [6, 6.07) is 8.46. The molecular formula is C19H15FIN3O2. The molecule has 132 valence electrons. The number of allylic oxidation sites excluding steroid dienone is 2. The smallest absolute Gasteiger partial charge is 0.150 e. The Morgan fingerprint density at radius 3 is 2.73 bits per heavy atom. The van der Waals surface area contributed by atoms with Crippen LogP contribution in [0.4, 0.5) is 10.1 Å². The molecule has 0 bridgehead atoms. The number of pyridine rings is 1. The Balaban J connectivity index is 1.89. The highest BCUT2D eigenvalue weighted by Crippen LogP contribution is 2.26. The average Bonchev–Trinajstić information content (AvgIpc) is 2.61. The van der Waals surface area contributed by atoms with E-state index in [0.717, 1.165) is 9.26 Å². The molecule has 7 heteroatoms. The molecule has 0 fully saturated rings. The Hall–Kier alpha value is -2.64. The van der Waals surface area contributed by atoms with Crippen LogP contribution in [0.2, 0.25) is 0 Å². The maximum atomic E-state index is 14.1. The average molecular weight is 463 g/mol. The first-order chi connectivity index (χ1) is 12.5. The fourth-order valence-corrected chi connectivity index (χ4v) is 2.74. The predicted molar refractivity (Wildman–Crippen MR) is 105 cm³/mol. The van der Waals surface area contributed by atoms with Gasteiger partial charge >= 0.3 is 0 Å². The minimum Gasteiger partial charge on any atom is -0.456 e. The van der Waals surface area contributed by atoms with E-state index in [0.29, 0.717) is 23.0 Å². The summed E-state index contributed by atoms with van der Waals surface area (Å²) in [7, 11) is 1.68. The van der Waals surface area contributed by atoms with Crippen LogP contribution in [-0.4, -0.2) is 22.9 Å². The van der Waals surface area contributed by atoms with Crippen molar-refractivity contribution in [3.63, 3.8) is 0 Å². The van der Waals surface area contributed by atoms with E-state index >= 15 is 0 Å². The van der Waals surface area contributed by atoms with Gasteiger partial charge in [-0.3, -0.25) is 4.98 Å². The quantitative estimate of drug-likeness (QED) is 0.549. The lowest BCUT2D eigenvalue weighted by molar-refractivity contribution is 0.422. The molecule has 0 unspecified atom stereocenters. The third kappa shape index (κ3) is 4.12. The fraction of sp³-hybridized carbons (Fsp3) is 0.105. The Morgan fingerprint density at radius 2 is 2.08 bits per heavy atom. The Bertz CT molecular complexity index is 948. The van der Waals surface area contributed by atoms with E-state index in [1.807, 2.05) is 41.5 Å². The molecule has 5 nitrogen and oxygen atoms in total. The molecule has 0 atom stereocenters. The van der Waals surface area contributed by atoms with Crippen LogP contribution in [0.1, 0.15) is 5.69 Å². The van der Waals surface area contributed by atoms with Gasteiger partial charge in [-0.2, -0.15) is 0 Å². The summed E-state index contributed by atoms with van der Waals surface area (Å²) in [6.45, 7) is 1.88. The molecule has 1 aliphatic heterocycles. The molecule has 0 amide bonds. The van der Waals surface area contributed by atoms with Crippen molar-refractivity contribution in [1.29, 1.82) is 0 Å². The van der Waals surface area contributed by atoms with E-state index in [1.165, 1.54) is 6.07 Å². The van der Waals surface area contributed by atoms with Gasteiger partial charge in [0.1, 0.15) is 28.8 Å². The summed E-state index contributed by atoms with van der Waals surface area (Å²) in [5.41, 5.74) is 1.43. The standard InChI is InChI=1S/C19H15FIN3O2/c1-12-3-5-15(10-22-12)26-16-8-14(11-25)24(2)19(9-16)23-18-6-4-13(21)7-17(18)20/h3-10,23H,1-2H3. The van der Waals surface area contributed by atoms with Crippen LogP contribution in [0.3, 0.4) is 0 Å². The van der Waals surface area contributed by atoms with E-state index in [2.05, 4.69) is 10.3 Å². The van der Waals surface area contributed by atoms with Gasteiger partial charge in [0.05, 0.1) is 11.9 Å². The maximum absolute atomic E-state index is 14.1. The number of nitrogens with zero attached hydrogens (tertiary/aromatic N) is 2. The predicted octanol–water partition coefficient (Wildman–Crippen LogP) is 4.01. The summed E-state index contributed by atoms with van der Waals surface area (Å²) >= 11 is 2.04. The van der Waals surface area contributed by atoms with Crippen LogP contribution in [0, 0.1) is 16.3 Å². The van der Waals surface area contributed by atoms with Crippen LogP contribution in [0.5, 0.6) is 5.75 Å². The van der Waals surface area contributed by atoms with E-state index in [1.54, 1.807) is 48.5 Å². The van der Waals surface area contributed by atoms with Crippen LogP contribution in [0.15, 0.2) is 66.0 Å². The van der Waals surface area contributed by atoms with Gasteiger partial charge in [-0.05, 0) is 59.8 Å². The number of ether oxygens (including phenoxy) is 1. The number of benzene rings is 1. The molecule has 2 aromatic rings. The minimum absolute atomic E-state index is 0.260. The highest BCUT2D eigenvalue weighted by Gasteiger charge is 2.19. The number of carbonyl (C=O) groups excluding carboxylic acids is 1. The van der Waals surface area contributed by atoms with E-state index in [9.17, 15) is 9.18 Å². The zero-order valence-electron chi connectivity index (χ0n) is 14.1. The normalized spacial score (nSPS) is 13.7. The zero-order valence-corrected chi connectivity index (χ0v) is 16.2. The molecule has 1 aromatic carbocycles. The number of nitrogens with one attached hydrogen (secondary N) is 1. The van der Waals surface area contributed by atoms with Crippen molar-refractivity contribution in [2.24, 2.45) is 0 Å². The molecule has 3 rings (SSSR count). The fourth-order valence-electron chi connectivity index (χ4n) is 2.29. The number of hydrogen-bond donors (Lipinski definition) is 1. The second-order valence-corrected chi connectivity index (χ2v) is 6.85. The topological polar surface area (TPSA) is 54.5 Å². The lowest BCUT2D eigenvalue weighted by Crippen LogP contribution is -2.26. The van der Waals surface area contributed by atoms with Crippen LogP contribution < -0.4 is 10.1 Å². The molecule has 0 spiro atoms. The molecule has 1 aromatic heterocycles. The number of aryl methyl sites for hydroxylation is 1. The van der Waals surface area contributed by atoms with Crippen molar-refractivity contribution in [3.05, 3.63) is 81.0 Å². The van der Waals surface area contributed by atoms with Gasteiger partial charge in [-0.15, -0.1) is 0 Å². The lowest BCUT2D eigenvalue weighted by atomic mass is 10.2. The molecule has 0 saturated heterocycles. The number of rotatable bonds is 4. The number of aromatic nitrogens is 1. The van der Waals surface area contributed by atoms with Crippen molar-refractivity contribution >= 4 is 34.2 Å². The summed E-state index contributed by atoms with van der Waals surface area (Å²) in [5.74, 6) is 2.92. The highest BCUT2D eigenvalue weighted by molar-refractivity contribution is 14.1. The summed E-state index contributed by atoms with van der Waals surface area (Å²) in [5, 5.41) is 2.99. The van der Waals surface area contributed by atoms with Gasteiger partial charge in [0, 0.05) is 28.5 Å². The van der Waals surface area contributed by atoms with Crippen molar-refractivity contribution < 1.29 is 13.9 Å². The van der Waals surface area contributed by atoms with Gasteiger partial charge in [-0.25, -0.2) is 9.18 Å². The van der Waals surface area contributed by atoms with E-state index in [4.69, 9.17) is 4.74 Å². The van der Waals surface area contributed by atoms with Gasteiger partial charge in [0.25, 0.3) is 0 Å². The first-order valence-electron chi connectivity index (χ1n) is 7.71. The number of hydrogen-bond acceptors (Lipinski definition) is 5. The largest absolute Gasteiger partial charge is 0.456 e. The second kappa shape index (κ2) is 7.72. The maximum Gasteiger partial charge on any atom is 0.150 e.